The molecule has 0 saturated carbocycles. The molecule has 0 saturated heterocycles. The summed E-state index contributed by atoms with van der Waals surface area (Å²) >= 11 is 5.75. The number of rotatable bonds is 6. The highest BCUT2D eigenvalue weighted by molar-refractivity contribution is 6.30. The van der Waals surface area contributed by atoms with E-state index >= 15 is 0 Å². The number of anilines is 1. The summed E-state index contributed by atoms with van der Waals surface area (Å²) in [7, 11) is 0. The summed E-state index contributed by atoms with van der Waals surface area (Å²) in [6, 6.07) is 6.77. The zero-order chi connectivity index (χ0) is 15.4. The Labute approximate surface area is 130 Å². The first kappa shape index (κ1) is 15.8. The number of nitrogens with zero attached hydrogens (tertiary/aromatic N) is 2. The van der Waals surface area contributed by atoms with Crippen molar-refractivity contribution in [1.29, 1.82) is 0 Å². The lowest BCUT2D eigenvalue weighted by Crippen LogP contribution is -2.07. The zero-order valence-corrected chi connectivity index (χ0v) is 13.4. The molecule has 0 spiro atoms. The van der Waals surface area contributed by atoms with Crippen LogP contribution in [0.2, 0.25) is 5.02 Å². The summed E-state index contributed by atoms with van der Waals surface area (Å²) < 4.78 is 15.4. The molecule has 1 aromatic carbocycles. The molecule has 114 valence electrons. The van der Waals surface area contributed by atoms with Crippen LogP contribution in [-0.4, -0.2) is 16.3 Å². The van der Waals surface area contributed by atoms with E-state index < -0.39 is 5.82 Å². The molecule has 0 amide bonds. The van der Waals surface area contributed by atoms with Crippen LogP contribution in [-0.2, 0) is 6.42 Å². The van der Waals surface area contributed by atoms with E-state index in [1.807, 2.05) is 6.07 Å². The SMILES string of the molecule is CCCNc1cc(CC(C)C)nn1-c1ccc(Cl)c(F)c1. The van der Waals surface area contributed by atoms with Crippen LogP contribution in [0.4, 0.5) is 10.2 Å². The number of halogens is 2. The van der Waals surface area contributed by atoms with Crippen molar-refractivity contribution in [3.63, 3.8) is 0 Å². The maximum Gasteiger partial charge on any atom is 0.143 e. The number of hydrogen-bond donors (Lipinski definition) is 1. The van der Waals surface area contributed by atoms with Gasteiger partial charge in [-0.3, -0.25) is 0 Å². The Morgan fingerprint density at radius 1 is 1.33 bits per heavy atom. The first-order valence-corrected chi connectivity index (χ1v) is 7.67. The Morgan fingerprint density at radius 2 is 2.10 bits per heavy atom. The third-order valence-corrected chi connectivity index (χ3v) is 3.39. The summed E-state index contributed by atoms with van der Waals surface area (Å²) in [4.78, 5) is 0. The highest BCUT2D eigenvalue weighted by Gasteiger charge is 2.12. The highest BCUT2D eigenvalue weighted by Crippen LogP contribution is 2.23. The fraction of sp³-hybridized carbons (Fsp3) is 0.438. The molecule has 1 N–H and O–H groups in total. The van der Waals surface area contributed by atoms with Crippen molar-refractivity contribution in [2.45, 2.75) is 33.6 Å². The fourth-order valence-electron chi connectivity index (χ4n) is 2.14. The minimum absolute atomic E-state index is 0.122. The molecular formula is C16H21ClFN3. The second-order valence-electron chi connectivity index (χ2n) is 5.56. The van der Waals surface area contributed by atoms with E-state index in [0.29, 0.717) is 11.6 Å². The molecular weight excluding hydrogens is 289 g/mol. The van der Waals surface area contributed by atoms with E-state index in [1.54, 1.807) is 16.8 Å². The van der Waals surface area contributed by atoms with Crippen LogP contribution in [0.3, 0.4) is 0 Å². The van der Waals surface area contributed by atoms with Crippen molar-refractivity contribution >= 4 is 17.4 Å². The van der Waals surface area contributed by atoms with Gasteiger partial charge in [-0.1, -0.05) is 32.4 Å². The molecule has 5 heteroatoms. The predicted octanol–water partition coefficient (Wildman–Crippen LogP) is 4.69. The molecule has 0 atom stereocenters. The summed E-state index contributed by atoms with van der Waals surface area (Å²) in [5, 5.41) is 8.04. The lowest BCUT2D eigenvalue weighted by atomic mass is 10.1. The Morgan fingerprint density at radius 3 is 2.71 bits per heavy atom. The van der Waals surface area contributed by atoms with Gasteiger partial charge < -0.3 is 5.32 Å². The Bertz CT molecular complexity index is 608. The van der Waals surface area contributed by atoms with Gasteiger partial charge in [0.2, 0.25) is 0 Å². The van der Waals surface area contributed by atoms with Crippen LogP contribution in [0.15, 0.2) is 24.3 Å². The van der Waals surface area contributed by atoms with E-state index in [2.05, 4.69) is 31.2 Å². The Balaban J connectivity index is 2.38. The van der Waals surface area contributed by atoms with Gasteiger partial charge in [-0.05, 0) is 30.9 Å². The molecule has 0 aliphatic heterocycles. The highest BCUT2D eigenvalue weighted by atomic mass is 35.5. The van der Waals surface area contributed by atoms with Crippen LogP contribution >= 0.6 is 11.6 Å². The molecule has 3 nitrogen and oxygen atoms in total. The zero-order valence-electron chi connectivity index (χ0n) is 12.7. The lowest BCUT2D eigenvalue weighted by Gasteiger charge is -2.09. The summed E-state index contributed by atoms with van der Waals surface area (Å²) in [5.74, 6) is 0.972. The molecule has 0 aliphatic rings. The van der Waals surface area contributed by atoms with Gasteiger partial charge in [-0.15, -0.1) is 0 Å². The molecule has 21 heavy (non-hydrogen) atoms. The maximum absolute atomic E-state index is 13.7. The lowest BCUT2D eigenvalue weighted by molar-refractivity contribution is 0.620. The quantitative estimate of drug-likeness (QED) is 0.839. The van der Waals surface area contributed by atoms with Crippen LogP contribution in [0, 0.1) is 11.7 Å². The number of nitrogens with one attached hydrogen (secondary N) is 1. The normalized spacial score (nSPS) is 11.1. The van der Waals surface area contributed by atoms with Crippen molar-refractivity contribution in [2.75, 3.05) is 11.9 Å². The van der Waals surface area contributed by atoms with Crippen molar-refractivity contribution < 1.29 is 4.39 Å². The van der Waals surface area contributed by atoms with Crippen molar-refractivity contribution in [3.05, 3.63) is 40.8 Å². The van der Waals surface area contributed by atoms with Crippen molar-refractivity contribution in [3.8, 4) is 5.69 Å². The molecule has 0 bridgehead atoms. The van der Waals surface area contributed by atoms with E-state index in [9.17, 15) is 4.39 Å². The molecule has 0 aliphatic carbocycles. The van der Waals surface area contributed by atoms with Gasteiger partial charge in [0.25, 0.3) is 0 Å². The first-order chi connectivity index (χ1) is 10.0. The second kappa shape index (κ2) is 6.94. The third-order valence-electron chi connectivity index (χ3n) is 3.08. The molecule has 1 heterocycles. The third kappa shape index (κ3) is 3.97. The number of hydrogen-bond acceptors (Lipinski definition) is 2. The van der Waals surface area contributed by atoms with Crippen LogP contribution in [0.25, 0.3) is 5.69 Å². The van der Waals surface area contributed by atoms with Crippen LogP contribution in [0.5, 0.6) is 0 Å². The molecule has 2 rings (SSSR count). The molecule has 1 aromatic heterocycles. The average Bonchev–Trinajstić information content (AvgIpc) is 2.81. The van der Waals surface area contributed by atoms with E-state index in [-0.39, 0.29) is 5.02 Å². The minimum Gasteiger partial charge on any atom is -0.370 e. The second-order valence-corrected chi connectivity index (χ2v) is 5.96. The fourth-order valence-corrected chi connectivity index (χ4v) is 2.26. The first-order valence-electron chi connectivity index (χ1n) is 7.29. The average molecular weight is 310 g/mol. The molecule has 2 aromatic rings. The van der Waals surface area contributed by atoms with Crippen LogP contribution in [0.1, 0.15) is 32.9 Å². The minimum atomic E-state index is -0.434. The molecule has 0 fully saturated rings. The van der Waals surface area contributed by atoms with Gasteiger partial charge in [0, 0.05) is 18.7 Å². The summed E-state index contributed by atoms with van der Waals surface area (Å²) in [6.45, 7) is 7.26. The predicted molar refractivity (Wildman–Crippen MR) is 85.9 cm³/mol. The summed E-state index contributed by atoms with van der Waals surface area (Å²) in [5.41, 5.74) is 1.67. The monoisotopic (exact) mass is 309 g/mol. The van der Waals surface area contributed by atoms with Gasteiger partial charge in [0.05, 0.1) is 16.4 Å². The number of benzene rings is 1. The largest absolute Gasteiger partial charge is 0.370 e. The standard InChI is InChI=1S/C16H21ClFN3/c1-4-7-19-16-9-12(8-11(2)3)20-21(16)13-5-6-14(17)15(18)10-13/h5-6,9-11,19H,4,7-8H2,1-3H3. The van der Waals surface area contributed by atoms with Crippen molar-refractivity contribution in [1.82, 2.24) is 9.78 Å². The number of aromatic nitrogens is 2. The van der Waals surface area contributed by atoms with Gasteiger partial charge in [0.15, 0.2) is 0 Å². The Hall–Kier alpha value is -1.55. The Kier molecular flexibility index (Phi) is 5.23. The van der Waals surface area contributed by atoms with E-state index in [4.69, 9.17) is 11.6 Å². The topological polar surface area (TPSA) is 29.9 Å². The van der Waals surface area contributed by atoms with Crippen molar-refractivity contribution in [2.24, 2.45) is 5.92 Å². The smallest absolute Gasteiger partial charge is 0.143 e. The van der Waals surface area contributed by atoms with Gasteiger partial charge >= 0.3 is 0 Å². The van der Waals surface area contributed by atoms with E-state index in [0.717, 1.165) is 30.9 Å². The molecule has 0 radical (unpaired) electrons. The summed E-state index contributed by atoms with van der Waals surface area (Å²) in [6.07, 6.45) is 1.91. The van der Waals surface area contributed by atoms with Gasteiger partial charge in [-0.2, -0.15) is 5.10 Å². The molecule has 0 unspecified atom stereocenters. The van der Waals surface area contributed by atoms with Gasteiger partial charge in [-0.25, -0.2) is 9.07 Å². The van der Waals surface area contributed by atoms with Crippen LogP contribution < -0.4 is 5.32 Å². The van der Waals surface area contributed by atoms with E-state index in [1.165, 1.54) is 6.07 Å². The maximum atomic E-state index is 13.7. The van der Waals surface area contributed by atoms with Gasteiger partial charge in [0.1, 0.15) is 11.6 Å².